The number of anilines is 1. The van der Waals surface area contributed by atoms with Gasteiger partial charge in [-0.25, -0.2) is 4.31 Å². The zero-order valence-corrected chi connectivity index (χ0v) is 24.5. The molecule has 0 saturated carbocycles. The number of allylic oxidation sites excluding steroid dienone is 1. The maximum absolute atomic E-state index is 12.9. The van der Waals surface area contributed by atoms with Crippen molar-refractivity contribution in [1.82, 2.24) is 9.21 Å². The molecule has 0 amide bonds. The molecule has 2 unspecified atom stereocenters. The van der Waals surface area contributed by atoms with E-state index in [1.54, 1.807) is 35.8 Å². The number of benzene rings is 1. The summed E-state index contributed by atoms with van der Waals surface area (Å²) in [6.45, 7) is 8.74. The quantitative estimate of drug-likeness (QED) is 0.344. The summed E-state index contributed by atoms with van der Waals surface area (Å²) in [5.41, 5.74) is -2.09. The van der Waals surface area contributed by atoms with Crippen LogP contribution >= 0.6 is 23.7 Å². The number of nitrogens with zero attached hydrogens (tertiary/aromatic N) is 3. The van der Waals surface area contributed by atoms with Gasteiger partial charge in [0.2, 0.25) is 0 Å². The molecular weight excluding hydrogens is 539 g/mol. The fraction of sp³-hybridized carbons (Fsp3) is 0.654. The average molecular weight is 582 g/mol. The van der Waals surface area contributed by atoms with Gasteiger partial charge in [-0.3, -0.25) is 4.90 Å². The molecule has 1 aromatic carbocycles. The molecule has 2 N–H and O–H groups in total. The number of ether oxygens (including phenoxy) is 1. The van der Waals surface area contributed by atoms with Crippen LogP contribution in [0, 0.1) is 0 Å². The number of hydrogen-bond donors (Lipinski definition) is 2. The van der Waals surface area contributed by atoms with Crippen molar-refractivity contribution in [1.29, 1.82) is 0 Å². The second-order valence-corrected chi connectivity index (χ2v) is 11.1. The number of alkyl halides is 3. The van der Waals surface area contributed by atoms with Crippen LogP contribution in [0.15, 0.2) is 34.6 Å². The summed E-state index contributed by atoms with van der Waals surface area (Å²) in [6, 6.07) is 6.34. The van der Waals surface area contributed by atoms with Crippen molar-refractivity contribution in [2.75, 3.05) is 71.3 Å². The molecule has 2 atom stereocenters. The van der Waals surface area contributed by atoms with Crippen molar-refractivity contribution >= 4 is 35.7 Å². The summed E-state index contributed by atoms with van der Waals surface area (Å²) in [5.74, 6) is 0. The Morgan fingerprint density at radius 2 is 1.74 bits per heavy atom. The van der Waals surface area contributed by atoms with E-state index in [0.29, 0.717) is 19.1 Å². The number of halogens is 3. The van der Waals surface area contributed by atoms with Crippen molar-refractivity contribution in [2.24, 2.45) is 0 Å². The monoisotopic (exact) mass is 581 g/mol. The van der Waals surface area contributed by atoms with E-state index in [9.17, 15) is 23.1 Å². The predicted molar refractivity (Wildman–Crippen MR) is 151 cm³/mol. The van der Waals surface area contributed by atoms with Gasteiger partial charge in [-0.05, 0) is 56.3 Å². The van der Waals surface area contributed by atoms with Gasteiger partial charge in [-0.1, -0.05) is 25.1 Å². The van der Waals surface area contributed by atoms with E-state index in [1.165, 1.54) is 16.4 Å². The Morgan fingerprint density at radius 1 is 1.13 bits per heavy atom. The molecule has 0 spiro atoms. The van der Waals surface area contributed by atoms with Gasteiger partial charge in [-0.15, -0.1) is 11.8 Å². The van der Waals surface area contributed by atoms with Gasteiger partial charge in [0.1, 0.15) is 6.29 Å². The van der Waals surface area contributed by atoms with Crippen LogP contribution < -0.4 is 4.90 Å². The highest BCUT2D eigenvalue weighted by Gasteiger charge is 2.51. The van der Waals surface area contributed by atoms with Crippen LogP contribution in [0.1, 0.15) is 32.3 Å². The minimum atomic E-state index is -4.70. The summed E-state index contributed by atoms with van der Waals surface area (Å²) in [5, 5.41) is 16.8. The fourth-order valence-corrected chi connectivity index (χ4v) is 5.54. The Hall–Kier alpha value is -1.28. The van der Waals surface area contributed by atoms with Crippen LogP contribution in [0.3, 0.4) is 0 Å². The van der Waals surface area contributed by atoms with Crippen molar-refractivity contribution in [3.63, 3.8) is 0 Å². The maximum Gasteiger partial charge on any atom is 0.421 e. The number of rotatable bonds is 8. The van der Waals surface area contributed by atoms with Crippen molar-refractivity contribution < 1.29 is 32.9 Å². The third-order valence-corrected chi connectivity index (χ3v) is 8.53. The lowest BCUT2D eigenvalue weighted by Crippen LogP contribution is -2.43. The summed E-state index contributed by atoms with van der Waals surface area (Å²) in [7, 11) is 3.02. The second-order valence-electron chi connectivity index (χ2n) is 8.87. The van der Waals surface area contributed by atoms with Crippen molar-refractivity contribution in [2.45, 2.75) is 44.5 Å². The summed E-state index contributed by atoms with van der Waals surface area (Å²) >= 11 is 3.51. The number of carbonyl (C=O) groups is 1. The highest BCUT2D eigenvalue weighted by atomic mass is 32.2. The first-order valence-corrected chi connectivity index (χ1v) is 14.5. The van der Waals surface area contributed by atoms with Gasteiger partial charge in [0.15, 0.2) is 5.60 Å². The lowest BCUT2D eigenvalue weighted by Gasteiger charge is -2.36. The molecule has 0 radical (unpaired) electrons. The molecule has 218 valence electrons. The van der Waals surface area contributed by atoms with E-state index >= 15 is 0 Å². The molecule has 7 nitrogen and oxygen atoms in total. The number of hydrogen-bond acceptors (Lipinski definition) is 9. The zero-order chi connectivity index (χ0) is 28.8. The molecule has 3 rings (SSSR count). The Bertz CT molecular complexity index is 834. The van der Waals surface area contributed by atoms with Crippen LogP contribution in [0.5, 0.6) is 0 Å². The Labute approximate surface area is 233 Å². The van der Waals surface area contributed by atoms with Gasteiger partial charge < -0.3 is 24.6 Å². The van der Waals surface area contributed by atoms with Crippen LogP contribution in [-0.2, 0) is 15.1 Å². The Kier molecular flexibility index (Phi) is 15.9. The third-order valence-electron chi connectivity index (χ3n) is 6.27. The SMILES string of the molecule is CC/C=C(\SC)SN1CCN(c2ccc(C(C)(O)C(F)(F)F)cc2)CC1.CN1CCOCC1CC=O.CO. The fourth-order valence-electron chi connectivity index (χ4n) is 3.75. The normalized spacial score (nSPS) is 20.9. The van der Waals surface area contributed by atoms with Crippen LogP contribution in [0.2, 0.25) is 0 Å². The number of likely N-dealkylation sites (N-methyl/N-ethyl adjacent to an activating group) is 1. The molecule has 38 heavy (non-hydrogen) atoms. The first kappa shape index (κ1) is 34.7. The largest absolute Gasteiger partial charge is 0.421 e. The van der Waals surface area contributed by atoms with E-state index < -0.39 is 11.8 Å². The number of morpholine rings is 1. The summed E-state index contributed by atoms with van der Waals surface area (Å²) in [4.78, 5) is 14.5. The first-order valence-electron chi connectivity index (χ1n) is 12.5. The number of thioether (sulfide) groups is 1. The Balaban J connectivity index is 0.000000501. The van der Waals surface area contributed by atoms with E-state index in [2.05, 4.69) is 33.4 Å². The van der Waals surface area contributed by atoms with Gasteiger partial charge in [0.05, 0.1) is 17.5 Å². The number of aliphatic hydroxyl groups is 2. The van der Waals surface area contributed by atoms with E-state index in [1.807, 2.05) is 7.05 Å². The molecular formula is C26H42F3N3O4S2. The lowest BCUT2D eigenvalue weighted by atomic mass is 9.95. The summed E-state index contributed by atoms with van der Waals surface area (Å²) in [6.07, 6.45) is 2.15. The van der Waals surface area contributed by atoms with Crippen molar-refractivity contribution in [3.8, 4) is 0 Å². The molecule has 0 bridgehead atoms. The molecule has 0 aliphatic carbocycles. The maximum atomic E-state index is 12.9. The molecule has 2 saturated heterocycles. The standard InChI is InChI=1S/C18H25F3N2OS2.C7H13NO2.CH4O/c1-4-5-16(25-3)26-23-12-10-22(11-13-23)15-8-6-14(7-9-15)17(2,24)18(19,20)21;1-8-3-5-10-6-7(8)2-4-9;1-2/h5-9,24H,4,10-13H2,1-3H3;4,7H,2-3,5-6H2,1H3;2H,1H3/b16-5+;;. The first-order chi connectivity index (χ1) is 18.0. The molecule has 2 heterocycles. The molecule has 12 heteroatoms. The van der Waals surface area contributed by atoms with Gasteiger partial charge in [-0.2, -0.15) is 13.2 Å². The molecule has 2 aliphatic heterocycles. The highest BCUT2D eigenvalue weighted by Crippen LogP contribution is 2.39. The summed E-state index contributed by atoms with van der Waals surface area (Å²) < 4.78 is 47.6. The second kappa shape index (κ2) is 17.4. The molecule has 2 aliphatic rings. The molecule has 1 aromatic rings. The molecule has 2 fully saturated rings. The van der Waals surface area contributed by atoms with Crippen LogP contribution in [-0.4, -0.2) is 104 Å². The number of carbonyl (C=O) groups excluding carboxylic acids is 1. The average Bonchev–Trinajstić information content (AvgIpc) is 2.91. The number of aliphatic hydroxyl groups excluding tert-OH is 1. The van der Waals surface area contributed by atoms with Gasteiger partial charge in [0.25, 0.3) is 0 Å². The predicted octanol–water partition coefficient (Wildman–Crippen LogP) is 4.36. The van der Waals surface area contributed by atoms with Gasteiger partial charge >= 0.3 is 6.18 Å². The molecule has 0 aromatic heterocycles. The van der Waals surface area contributed by atoms with Crippen LogP contribution in [0.4, 0.5) is 18.9 Å². The third kappa shape index (κ3) is 10.7. The minimum absolute atomic E-state index is 0.141. The number of aldehydes is 1. The smallest absolute Gasteiger partial charge is 0.400 e. The van der Waals surface area contributed by atoms with E-state index in [0.717, 1.165) is 71.8 Å². The van der Waals surface area contributed by atoms with Crippen molar-refractivity contribution in [3.05, 3.63) is 40.1 Å². The van der Waals surface area contributed by atoms with E-state index in [4.69, 9.17) is 9.84 Å². The Morgan fingerprint density at radius 3 is 2.21 bits per heavy atom. The minimum Gasteiger partial charge on any atom is -0.400 e. The zero-order valence-electron chi connectivity index (χ0n) is 22.9. The lowest BCUT2D eigenvalue weighted by molar-refractivity contribution is -0.258. The van der Waals surface area contributed by atoms with E-state index in [-0.39, 0.29) is 5.56 Å². The number of piperazine rings is 1. The van der Waals surface area contributed by atoms with Crippen LogP contribution in [0.25, 0.3) is 0 Å². The topological polar surface area (TPSA) is 76.5 Å². The highest BCUT2D eigenvalue weighted by molar-refractivity contribution is 8.20. The van der Waals surface area contributed by atoms with Gasteiger partial charge in [0, 0.05) is 58.0 Å².